The summed E-state index contributed by atoms with van der Waals surface area (Å²) >= 11 is 0. The third kappa shape index (κ3) is 3.29. The maximum atomic E-state index is 12.9. The van der Waals surface area contributed by atoms with Crippen molar-refractivity contribution in [3.8, 4) is 17.3 Å². The average Bonchev–Trinajstić information content (AvgIpc) is 3.20. The van der Waals surface area contributed by atoms with E-state index in [0.29, 0.717) is 48.0 Å². The van der Waals surface area contributed by atoms with Crippen molar-refractivity contribution in [1.29, 1.82) is 5.26 Å². The molecule has 1 unspecified atom stereocenters. The number of anilines is 1. The quantitative estimate of drug-likeness (QED) is 0.367. The smallest absolute Gasteiger partial charge is 0.264 e. The Morgan fingerprint density at radius 1 is 1.27 bits per heavy atom. The predicted octanol–water partition coefficient (Wildman–Crippen LogP) is 2.59. The number of aromatic amines is 1. The van der Waals surface area contributed by atoms with Gasteiger partial charge in [0.15, 0.2) is 5.65 Å². The van der Waals surface area contributed by atoms with E-state index >= 15 is 0 Å². The van der Waals surface area contributed by atoms with Crippen LogP contribution in [0.2, 0.25) is 0 Å². The van der Waals surface area contributed by atoms with Gasteiger partial charge in [0.05, 0.1) is 11.4 Å². The Morgan fingerprint density at radius 3 is 2.97 bits per heavy atom. The maximum Gasteiger partial charge on any atom is 0.264 e. The molecule has 2 aliphatic rings. The zero-order valence-electron chi connectivity index (χ0n) is 17.8. The van der Waals surface area contributed by atoms with E-state index in [1.807, 2.05) is 29.1 Å². The summed E-state index contributed by atoms with van der Waals surface area (Å²) in [5.74, 6) is 0.505. The van der Waals surface area contributed by atoms with Crippen LogP contribution in [-0.2, 0) is 4.79 Å². The lowest BCUT2D eigenvalue weighted by Crippen LogP contribution is -2.30. The van der Waals surface area contributed by atoms with Gasteiger partial charge in [0.1, 0.15) is 35.1 Å². The number of nitrogens with zero attached hydrogens (tertiary/aromatic N) is 7. The molecule has 0 spiro atoms. The molecule has 1 saturated heterocycles. The number of nitrogens with two attached hydrogens (primary N) is 1. The Bertz CT molecular complexity index is 1470. The van der Waals surface area contributed by atoms with Gasteiger partial charge in [0.25, 0.3) is 5.91 Å². The zero-order chi connectivity index (χ0) is 22.5. The largest absolute Gasteiger partial charge is 0.383 e. The number of pyridine rings is 1. The molecule has 10 heteroatoms. The standard InChI is InChI=1S/C23H21N9O/c24-9-15(7-13-1-2-13)23(33)31-6-4-17(11-31)32-22-18(20(25)28-12-29-22)19(30-32)16-8-14-3-5-26-21(14)27-10-16/h3,5,7-8,10,12-13,17H,1-2,4,6,11H2,(H,26,27)(H2,25,28,29)/b15-7+. The highest BCUT2D eigenvalue weighted by molar-refractivity contribution is 5.99. The van der Waals surface area contributed by atoms with Crippen LogP contribution in [0, 0.1) is 17.2 Å². The summed E-state index contributed by atoms with van der Waals surface area (Å²) < 4.78 is 1.84. The molecule has 3 N–H and O–H groups in total. The van der Waals surface area contributed by atoms with Crippen molar-refractivity contribution in [2.24, 2.45) is 5.92 Å². The van der Waals surface area contributed by atoms with Gasteiger partial charge < -0.3 is 15.6 Å². The number of H-pyrrole nitrogens is 1. The number of fused-ring (bicyclic) bond motifs is 2. The number of carbonyl (C=O) groups is 1. The Balaban J connectivity index is 1.37. The number of likely N-dealkylation sites (tertiary alicyclic amines) is 1. The van der Waals surface area contributed by atoms with Crippen LogP contribution in [0.1, 0.15) is 25.3 Å². The number of amides is 1. The molecule has 6 rings (SSSR count). The first-order valence-corrected chi connectivity index (χ1v) is 11.0. The molecule has 10 nitrogen and oxygen atoms in total. The summed E-state index contributed by atoms with van der Waals surface area (Å²) in [6.07, 6.45) is 9.65. The summed E-state index contributed by atoms with van der Waals surface area (Å²) in [5.41, 5.74) is 9.38. The Kier molecular flexibility index (Phi) is 4.36. The fourth-order valence-corrected chi connectivity index (χ4v) is 4.47. The van der Waals surface area contributed by atoms with Gasteiger partial charge in [-0.05, 0) is 37.3 Å². The van der Waals surface area contributed by atoms with Crippen LogP contribution in [0.15, 0.2) is 42.5 Å². The molecule has 164 valence electrons. The lowest BCUT2D eigenvalue weighted by molar-refractivity contribution is -0.125. The second-order valence-electron chi connectivity index (χ2n) is 8.61. The van der Waals surface area contributed by atoms with Crippen LogP contribution in [0.5, 0.6) is 0 Å². The molecule has 2 fully saturated rings. The van der Waals surface area contributed by atoms with Crippen LogP contribution in [-0.4, -0.2) is 53.6 Å². The van der Waals surface area contributed by atoms with Crippen LogP contribution in [0.3, 0.4) is 0 Å². The summed E-state index contributed by atoms with van der Waals surface area (Å²) in [4.78, 5) is 30.9. The number of aromatic nitrogens is 6. The van der Waals surface area contributed by atoms with Gasteiger partial charge in [-0.25, -0.2) is 19.6 Å². The lowest BCUT2D eigenvalue weighted by atomic mass is 10.1. The lowest BCUT2D eigenvalue weighted by Gasteiger charge is -2.16. The minimum atomic E-state index is -0.208. The Hall–Kier alpha value is -4.26. The van der Waals surface area contributed by atoms with E-state index in [1.165, 1.54) is 6.33 Å². The van der Waals surface area contributed by atoms with E-state index < -0.39 is 0 Å². The molecule has 1 amide bonds. The molecule has 4 aromatic rings. The topological polar surface area (TPSA) is 142 Å². The number of carbonyl (C=O) groups excluding carboxylic acids is 1. The van der Waals surface area contributed by atoms with Crippen molar-refractivity contribution in [3.05, 3.63) is 42.5 Å². The number of nitrogens with one attached hydrogen (secondary N) is 1. The molecule has 33 heavy (non-hydrogen) atoms. The molecular formula is C23H21N9O. The number of rotatable bonds is 4. The molecule has 1 aliphatic heterocycles. The summed E-state index contributed by atoms with van der Waals surface area (Å²) in [7, 11) is 0. The first kappa shape index (κ1) is 19.4. The van der Waals surface area contributed by atoms with Gasteiger partial charge in [-0.1, -0.05) is 6.08 Å². The number of allylic oxidation sites excluding steroid dienone is 1. The summed E-state index contributed by atoms with van der Waals surface area (Å²) in [6, 6.07) is 5.96. The molecule has 1 aliphatic carbocycles. The second kappa shape index (κ2) is 7.41. The molecule has 0 bridgehead atoms. The van der Waals surface area contributed by atoms with Gasteiger partial charge in [-0.15, -0.1) is 0 Å². The van der Waals surface area contributed by atoms with Crippen molar-refractivity contribution in [3.63, 3.8) is 0 Å². The Morgan fingerprint density at radius 2 is 2.15 bits per heavy atom. The molecule has 4 aromatic heterocycles. The highest BCUT2D eigenvalue weighted by Gasteiger charge is 2.33. The molecule has 0 aromatic carbocycles. The predicted molar refractivity (Wildman–Crippen MR) is 121 cm³/mol. The summed E-state index contributed by atoms with van der Waals surface area (Å²) in [5, 5.41) is 16.0. The number of hydrogen-bond donors (Lipinski definition) is 2. The molecule has 0 radical (unpaired) electrons. The number of nitrogen functional groups attached to an aromatic ring is 1. The van der Waals surface area contributed by atoms with Gasteiger partial charge in [0.2, 0.25) is 0 Å². The van der Waals surface area contributed by atoms with E-state index in [9.17, 15) is 10.1 Å². The monoisotopic (exact) mass is 439 g/mol. The van der Waals surface area contributed by atoms with Crippen LogP contribution >= 0.6 is 0 Å². The average molecular weight is 439 g/mol. The molecular weight excluding hydrogens is 418 g/mol. The minimum Gasteiger partial charge on any atom is -0.383 e. The minimum absolute atomic E-state index is 0.0793. The van der Waals surface area contributed by atoms with Crippen molar-refractivity contribution < 1.29 is 4.79 Å². The summed E-state index contributed by atoms with van der Waals surface area (Å²) in [6.45, 7) is 1.01. The van der Waals surface area contributed by atoms with Gasteiger partial charge in [0, 0.05) is 36.4 Å². The first-order chi connectivity index (χ1) is 16.1. The molecule has 1 atom stereocenters. The number of nitriles is 1. The van der Waals surface area contributed by atoms with Gasteiger partial charge in [-0.3, -0.25) is 4.79 Å². The Labute approximate surface area is 188 Å². The van der Waals surface area contributed by atoms with E-state index in [-0.39, 0.29) is 17.5 Å². The van der Waals surface area contributed by atoms with E-state index in [2.05, 4.69) is 26.0 Å². The first-order valence-electron chi connectivity index (χ1n) is 11.0. The fraction of sp³-hybridized carbons (Fsp3) is 0.304. The van der Waals surface area contributed by atoms with Gasteiger partial charge in [-0.2, -0.15) is 10.4 Å². The van der Waals surface area contributed by atoms with E-state index in [4.69, 9.17) is 10.8 Å². The zero-order valence-corrected chi connectivity index (χ0v) is 17.8. The highest BCUT2D eigenvalue weighted by Crippen LogP contribution is 2.35. The molecule has 5 heterocycles. The van der Waals surface area contributed by atoms with Crippen LogP contribution in [0.25, 0.3) is 33.3 Å². The van der Waals surface area contributed by atoms with Gasteiger partial charge >= 0.3 is 0 Å². The van der Waals surface area contributed by atoms with Crippen molar-refractivity contribution >= 4 is 33.8 Å². The van der Waals surface area contributed by atoms with Crippen LogP contribution < -0.4 is 5.73 Å². The fourth-order valence-electron chi connectivity index (χ4n) is 4.47. The number of hydrogen-bond acceptors (Lipinski definition) is 7. The molecule has 1 saturated carbocycles. The maximum absolute atomic E-state index is 12.9. The van der Waals surface area contributed by atoms with Crippen molar-refractivity contribution in [2.75, 3.05) is 18.8 Å². The third-order valence-electron chi connectivity index (χ3n) is 6.36. The highest BCUT2D eigenvalue weighted by atomic mass is 16.2. The SMILES string of the molecule is N#C/C(=C\C1CC1)C(=O)N1CCC(n2nc(-c3cnc4[nH]ccc4c3)c3c(N)ncnc32)C1. The van der Waals surface area contributed by atoms with Crippen LogP contribution in [0.4, 0.5) is 5.82 Å². The van der Waals surface area contributed by atoms with E-state index in [1.54, 1.807) is 11.1 Å². The van der Waals surface area contributed by atoms with Crippen molar-refractivity contribution in [1.82, 2.24) is 34.6 Å². The second-order valence-corrected chi connectivity index (χ2v) is 8.61. The van der Waals surface area contributed by atoms with E-state index in [0.717, 1.165) is 29.4 Å². The van der Waals surface area contributed by atoms with Crippen molar-refractivity contribution in [2.45, 2.75) is 25.3 Å². The normalized spacial score (nSPS) is 18.8. The third-order valence-corrected chi connectivity index (χ3v) is 6.36.